The van der Waals surface area contributed by atoms with Gasteiger partial charge in [-0.25, -0.2) is 4.79 Å². The van der Waals surface area contributed by atoms with Crippen molar-refractivity contribution in [2.75, 3.05) is 25.7 Å². The number of nitrogens with one attached hydrogen (secondary N) is 1. The van der Waals surface area contributed by atoms with Gasteiger partial charge in [-0.15, -0.1) is 0 Å². The van der Waals surface area contributed by atoms with E-state index in [1.54, 1.807) is 20.8 Å². The monoisotopic (exact) mass is 375 g/mol. The molecular weight excluding hydrogens is 350 g/mol. The van der Waals surface area contributed by atoms with Crippen molar-refractivity contribution in [3.05, 3.63) is 0 Å². The van der Waals surface area contributed by atoms with E-state index in [-0.39, 0.29) is 26.1 Å². The molecule has 9 nitrogen and oxygen atoms in total. The number of hydrogen-bond acceptors (Lipinski definition) is 8. The molecule has 11 heteroatoms. The Balaban J connectivity index is 4.56. The number of alkyl carbamates (subject to hydrolysis) is 1. The SMILES string of the molecule is CC(C)(C)OC(=O)NC(CCOS(C)(=O)=O)CCOS(C)(=O)=O. The van der Waals surface area contributed by atoms with E-state index in [0.29, 0.717) is 0 Å². The van der Waals surface area contributed by atoms with Crippen molar-refractivity contribution < 1.29 is 34.7 Å². The minimum atomic E-state index is -3.59. The molecule has 0 atom stereocenters. The average Bonchev–Trinajstić information content (AvgIpc) is 2.21. The van der Waals surface area contributed by atoms with E-state index < -0.39 is 38.0 Å². The Morgan fingerprint density at radius 2 is 1.35 bits per heavy atom. The quantitative estimate of drug-likeness (QED) is 0.581. The molecule has 0 radical (unpaired) electrons. The van der Waals surface area contributed by atoms with Crippen molar-refractivity contribution >= 4 is 26.3 Å². The molecule has 0 aromatic heterocycles. The first-order chi connectivity index (χ1) is 10.2. The van der Waals surface area contributed by atoms with Gasteiger partial charge in [-0.2, -0.15) is 16.8 Å². The maximum Gasteiger partial charge on any atom is 0.407 e. The van der Waals surface area contributed by atoms with Gasteiger partial charge in [0.2, 0.25) is 0 Å². The second-order valence-corrected chi connectivity index (χ2v) is 9.26. The van der Waals surface area contributed by atoms with Crippen molar-refractivity contribution in [1.82, 2.24) is 5.32 Å². The summed E-state index contributed by atoms with van der Waals surface area (Å²) < 4.78 is 58.0. The minimum absolute atomic E-state index is 0.152. The van der Waals surface area contributed by atoms with Gasteiger partial charge < -0.3 is 10.1 Å². The summed E-state index contributed by atoms with van der Waals surface area (Å²) in [5.41, 5.74) is -0.693. The lowest BCUT2D eigenvalue weighted by atomic mass is 10.1. The van der Waals surface area contributed by atoms with E-state index in [0.717, 1.165) is 12.5 Å². The average molecular weight is 375 g/mol. The zero-order valence-electron chi connectivity index (χ0n) is 14.0. The van der Waals surface area contributed by atoms with Crippen LogP contribution in [0.5, 0.6) is 0 Å². The van der Waals surface area contributed by atoms with Gasteiger partial charge in [0.1, 0.15) is 5.60 Å². The van der Waals surface area contributed by atoms with Crippen LogP contribution >= 0.6 is 0 Å². The predicted octanol–water partition coefficient (Wildman–Crippen LogP) is 0.612. The summed E-state index contributed by atoms with van der Waals surface area (Å²) in [6, 6.07) is -0.562. The normalized spacial score (nSPS) is 13.1. The van der Waals surface area contributed by atoms with Crippen LogP contribution in [0.25, 0.3) is 0 Å². The highest BCUT2D eigenvalue weighted by Gasteiger charge is 2.20. The standard InChI is InChI=1S/C12H25NO8S2/c1-12(2,3)21-11(14)13-10(6-8-19-22(4,15)16)7-9-20-23(5,17)18/h10H,6-9H2,1-5H3,(H,13,14). The summed E-state index contributed by atoms with van der Waals surface area (Å²) in [5, 5.41) is 2.54. The van der Waals surface area contributed by atoms with Gasteiger partial charge in [-0.3, -0.25) is 8.37 Å². The summed E-state index contributed by atoms with van der Waals surface area (Å²) >= 11 is 0. The number of rotatable bonds is 9. The fourth-order valence-electron chi connectivity index (χ4n) is 1.45. The number of amides is 1. The first kappa shape index (κ1) is 22.1. The molecule has 0 rings (SSSR count). The molecule has 0 aliphatic rings. The summed E-state index contributed by atoms with van der Waals surface area (Å²) in [6.45, 7) is 4.78. The molecule has 0 fully saturated rings. The first-order valence-electron chi connectivity index (χ1n) is 6.86. The summed E-state index contributed by atoms with van der Waals surface area (Å²) in [6.07, 6.45) is 1.44. The van der Waals surface area contributed by atoms with E-state index in [2.05, 4.69) is 13.7 Å². The molecule has 0 aromatic carbocycles. The van der Waals surface area contributed by atoms with Crippen LogP contribution in [-0.2, 0) is 33.3 Å². The number of ether oxygens (including phenoxy) is 1. The number of carbonyl (C=O) groups is 1. The molecule has 0 saturated heterocycles. The maximum atomic E-state index is 11.7. The molecule has 0 aliphatic heterocycles. The molecule has 0 aromatic rings. The van der Waals surface area contributed by atoms with E-state index in [4.69, 9.17) is 4.74 Å². The van der Waals surface area contributed by atoms with Crippen LogP contribution in [0.2, 0.25) is 0 Å². The molecule has 0 saturated carbocycles. The van der Waals surface area contributed by atoms with Crippen LogP contribution in [0.15, 0.2) is 0 Å². The molecule has 0 unspecified atom stereocenters. The van der Waals surface area contributed by atoms with Gasteiger partial charge in [0.25, 0.3) is 20.2 Å². The Labute approximate surface area is 137 Å². The van der Waals surface area contributed by atoms with Gasteiger partial charge in [0.05, 0.1) is 25.7 Å². The van der Waals surface area contributed by atoms with Crippen molar-refractivity contribution in [2.24, 2.45) is 0 Å². The highest BCUT2D eigenvalue weighted by molar-refractivity contribution is 7.86. The van der Waals surface area contributed by atoms with Crippen molar-refractivity contribution in [3.8, 4) is 0 Å². The smallest absolute Gasteiger partial charge is 0.407 e. The van der Waals surface area contributed by atoms with Crippen molar-refractivity contribution in [3.63, 3.8) is 0 Å². The third-order valence-corrected chi connectivity index (χ3v) is 3.44. The van der Waals surface area contributed by atoms with Crippen molar-refractivity contribution in [1.29, 1.82) is 0 Å². The van der Waals surface area contributed by atoms with Gasteiger partial charge in [0.15, 0.2) is 0 Å². The van der Waals surface area contributed by atoms with Crippen LogP contribution < -0.4 is 5.32 Å². The summed E-state index contributed by atoms with van der Waals surface area (Å²) in [5.74, 6) is 0. The summed E-state index contributed by atoms with van der Waals surface area (Å²) in [7, 11) is -7.18. The molecule has 23 heavy (non-hydrogen) atoms. The number of carbonyl (C=O) groups excluding carboxylic acids is 1. The molecular formula is C12H25NO8S2. The lowest BCUT2D eigenvalue weighted by Crippen LogP contribution is -2.40. The lowest BCUT2D eigenvalue weighted by molar-refractivity contribution is 0.0492. The largest absolute Gasteiger partial charge is 0.444 e. The van der Waals surface area contributed by atoms with Gasteiger partial charge in [-0.1, -0.05) is 0 Å². The second kappa shape index (κ2) is 8.81. The van der Waals surface area contributed by atoms with Crippen molar-refractivity contribution in [2.45, 2.75) is 45.3 Å². The van der Waals surface area contributed by atoms with Gasteiger partial charge in [0, 0.05) is 6.04 Å². The van der Waals surface area contributed by atoms with Crippen LogP contribution in [-0.4, -0.2) is 60.3 Å². The van der Waals surface area contributed by atoms with Crippen LogP contribution in [0, 0.1) is 0 Å². The van der Waals surface area contributed by atoms with Gasteiger partial charge in [-0.05, 0) is 33.6 Å². The molecule has 1 N–H and O–H groups in total. The topological polar surface area (TPSA) is 125 Å². The Kier molecular flexibility index (Phi) is 8.46. The zero-order chi connectivity index (χ0) is 18.3. The Morgan fingerprint density at radius 1 is 0.957 bits per heavy atom. The molecule has 0 heterocycles. The van der Waals surface area contributed by atoms with Crippen LogP contribution in [0.1, 0.15) is 33.6 Å². The minimum Gasteiger partial charge on any atom is -0.444 e. The fourth-order valence-corrected chi connectivity index (χ4v) is 2.24. The highest BCUT2D eigenvalue weighted by atomic mass is 32.2. The van der Waals surface area contributed by atoms with Crippen LogP contribution in [0.3, 0.4) is 0 Å². The van der Waals surface area contributed by atoms with Gasteiger partial charge >= 0.3 is 6.09 Å². The molecule has 0 spiro atoms. The molecule has 0 aliphatic carbocycles. The third-order valence-electron chi connectivity index (χ3n) is 2.25. The summed E-state index contributed by atoms with van der Waals surface area (Å²) in [4.78, 5) is 11.7. The molecule has 138 valence electrons. The third kappa shape index (κ3) is 15.8. The van der Waals surface area contributed by atoms with E-state index in [9.17, 15) is 21.6 Å². The lowest BCUT2D eigenvalue weighted by Gasteiger charge is -2.23. The predicted molar refractivity (Wildman–Crippen MR) is 84.0 cm³/mol. The Morgan fingerprint density at radius 3 is 1.65 bits per heavy atom. The Hall–Kier alpha value is -0.910. The zero-order valence-corrected chi connectivity index (χ0v) is 15.6. The number of hydrogen-bond donors (Lipinski definition) is 1. The fraction of sp³-hybridized carbons (Fsp3) is 0.917. The second-order valence-electron chi connectivity index (χ2n) is 5.97. The maximum absolute atomic E-state index is 11.7. The van der Waals surface area contributed by atoms with Crippen LogP contribution in [0.4, 0.5) is 4.79 Å². The van der Waals surface area contributed by atoms with E-state index >= 15 is 0 Å². The molecule has 0 bridgehead atoms. The molecule has 1 amide bonds. The van der Waals surface area contributed by atoms with E-state index in [1.807, 2.05) is 0 Å². The first-order valence-corrected chi connectivity index (χ1v) is 10.5. The highest BCUT2D eigenvalue weighted by Crippen LogP contribution is 2.09. The van der Waals surface area contributed by atoms with E-state index in [1.165, 1.54) is 0 Å². The Bertz CT molecular complexity index is 539.